The number of nitrogens with one attached hydrogen (secondary N) is 1. The maximum Gasteiger partial charge on any atom is 0.287 e. The molecule has 1 aromatic heterocycles. The average molecular weight is 344 g/mol. The van der Waals surface area contributed by atoms with Crippen molar-refractivity contribution in [2.75, 3.05) is 13.2 Å². The van der Waals surface area contributed by atoms with Crippen LogP contribution in [-0.2, 0) is 0 Å². The predicted octanol–water partition coefficient (Wildman–Crippen LogP) is 3.26. The van der Waals surface area contributed by atoms with Gasteiger partial charge in [-0.1, -0.05) is 29.8 Å². The minimum absolute atomic E-state index is 0.0467. The number of rotatable bonds is 5. The number of hydrogen-bond acceptors (Lipinski definition) is 4. The summed E-state index contributed by atoms with van der Waals surface area (Å²) in [5.74, 6) is 0.205. The van der Waals surface area contributed by atoms with Crippen molar-refractivity contribution >= 4 is 28.5 Å². The van der Waals surface area contributed by atoms with Crippen LogP contribution in [0, 0.1) is 0 Å². The van der Waals surface area contributed by atoms with Crippen LogP contribution in [0.1, 0.15) is 10.6 Å². The molecule has 122 valence electrons. The second-order valence-electron chi connectivity index (χ2n) is 5.03. The number of fused-ring (bicyclic) bond motifs is 1. The lowest BCUT2D eigenvalue weighted by Gasteiger charge is -2.07. The molecule has 0 saturated heterocycles. The molecule has 24 heavy (non-hydrogen) atoms. The molecule has 0 aliphatic heterocycles. The van der Waals surface area contributed by atoms with Crippen LogP contribution in [-0.4, -0.2) is 19.1 Å². The van der Waals surface area contributed by atoms with E-state index in [0.717, 1.165) is 11.8 Å². The Kier molecular flexibility index (Phi) is 4.82. The van der Waals surface area contributed by atoms with Crippen LogP contribution < -0.4 is 15.5 Å². The van der Waals surface area contributed by atoms with Gasteiger partial charge in [-0.25, -0.2) is 0 Å². The number of hydrogen-bond donors (Lipinski definition) is 1. The average Bonchev–Trinajstić information content (AvgIpc) is 2.60. The van der Waals surface area contributed by atoms with Crippen molar-refractivity contribution in [3.8, 4) is 5.75 Å². The summed E-state index contributed by atoms with van der Waals surface area (Å²) >= 11 is 5.85. The number of carbonyl (C=O) groups excluding carboxylic acids is 1. The Morgan fingerprint density at radius 2 is 1.92 bits per heavy atom. The van der Waals surface area contributed by atoms with Crippen LogP contribution in [0.25, 0.3) is 11.0 Å². The molecule has 0 aliphatic rings. The molecule has 0 spiro atoms. The summed E-state index contributed by atoms with van der Waals surface area (Å²) in [5, 5.41) is 3.42. The maximum atomic E-state index is 12.1. The Labute approximate surface area is 142 Å². The van der Waals surface area contributed by atoms with Gasteiger partial charge >= 0.3 is 0 Å². The van der Waals surface area contributed by atoms with Crippen LogP contribution in [0.4, 0.5) is 0 Å². The van der Waals surface area contributed by atoms with Gasteiger partial charge in [-0.15, -0.1) is 0 Å². The number of para-hydroxylation sites is 1. The SMILES string of the molecule is O=C(NCCOc1ccccc1)c1cc(=O)c2cc(Cl)ccc2o1. The zero-order valence-corrected chi connectivity index (χ0v) is 13.4. The fraction of sp³-hybridized carbons (Fsp3) is 0.111. The minimum atomic E-state index is -0.472. The van der Waals surface area contributed by atoms with Gasteiger partial charge in [0.15, 0.2) is 11.2 Å². The monoisotopic (exact) mass is 343 g/mol. The van der Waals surface area contributed by atoms with E-state index < -0.39 is 5.91 Å². The van der Waals surface area contributed by atoms with Gasteiger partial charge in [-0.2, -0.15) is 0 Å². The molecule has 0 bridgehead atoms. The minimum Gasteiger partial charge on any atom is -0.492 e. The van der Waals surface area contributed by atoms with Crippen molar-refractivity contribution < 1.29 is 13.9 Å². The van der Waals surface area contributed by atoms with Gasteiger partial charge in [0, 0.05) is 11.1 Å². The summed E-state index contributed by atoms with van der Waals surface area (Å²) in [4.78, 5) is 24.1. The molecule has 0 saturated carbocycles. The highest BCUT2D eigenvalue weighted by atomic mass is 35.5. The van der Waals surface area contributed by atoms with Crippen LogP contribution in [0.3, 0.4) is 0 Å². The van der Waals surface area contributed by atoms with E-state index in [4.69, 9.17) is 20.8 Å². The molecule has 1 N–H and O–H groups in total. The van der Waals surface area contributed by atoms with Gasteiger partial charge in [0.05, 0.1) is 11.9 Å². The van der Waals surface area contributed by atoms with Crippen LogP contribution in [0.15, 0.2) is 63.8 Å². The molecule has 6 heteroatoms. The third kappa shape index (κ3) is 3.75. The third-order valence-electron chi connectivity index (χ3n) is 3.31. The van der Waals surface area contributed by atoms with E-state index in [1.807, 2.05) is 30.3 Å². The molecular weight excluding hydrogens is 330 g/mol. The number of halogens is 1. The summed E-state index contributed by atoms with van der Waals surface area (Å²) in [5.41, 5.74) is 0.00187. The Morgan fingerprint density at radius 1 is 1.12 bits per heavy atom. The number of ether oxygens (including phenoxy) is 1. The molecule has 2 aromatic carbocycles. The Balaban J connectivity index is 1.64. The predicted molar refractivity (Wildman–Crippen MR) is 91.8 cm³/mol. The summed E-state index contributed by atoms with van der Waals surface area (Å²) in [6.45, 7) is 0.596. The van der Waals surface area contributed by atoms with Crippen LogP contribution >= 0.6 is 11.6 Å². The Hall–Kier alpha value is -2.79. The van der Waals surface area contributed by atoms with E-state index in [9.17, 15) is 9.59 Å². The van der Waals surface area contributed by atoms with E-state index in [2.05, 4.69) is 5.32 Å². The molecule has 3 aromatic rings. The van der Waals surface area contributed by atoms with E-state index in [0.29, 0.717) is 22.6 Å². The summed E-state index contributed by atoms with van der Waals surface area (Å²) < 4.78 is 10.9. The Morgan fingerprint density at radius 3 is 2.71 bits per heavy atom. The molecule has 0 radical (unpaired) electrons. The van der Waals surface area contributed by atoms with Crippen molar-refractivity contribution in [2.45, 2.75) is 0 Å². The number of amides is 1. The molecule has 0 atom stereocenters. The van der Waals surface area contributed by atoms with Crippen molar-refractivity contribution in [1.82, 2.24) is 5.32 Å². The lowest BCUT2D eigenvalue weighted by Crippen LogP contribution is -2.28. The van der Waals surface area contributed by atoms with Crippen molar-refractivity contribution in [3.05, 3.63) is 75.6 Å². The number of benzene rings is 2. The fourth-order valence-corrected chi connectivity index (χ4v) is 2.35. The molecule has 0 unspecified atom stereocenters. The Bertz CT molecular complexity index is 921. The molecule has 5 nitrogen and oxygen atoms in total. The molecule has 0 aliphatic carbocycles. The second kappa shape index (κ2) is 7.19. The van der Waals surface area contributed by atoms with E-state index >= 15 is 0 Å². The maximum absolute atomic E-state index is 12.1. The first-order valence-electron chi connectivity index (χ1n) is 7.33. The molecule has 1 amide bonds. The van der Waals surface area contributed by atoms with Crippen molar-refractivity contribution in [3.63, 3.8) is 0 Å². The standard InChI is InChI=1S/C18H14ClNO4/c19-12-6-7-16-14(10-12)15(21)11-17(24-16)18(22)20-8-9-23-13-4-2-1-3-5-13/h1-7,10-11H,8-9H2,(H,20,22). The van der Waals surface area contributed by atoms with Gasteiger partial charge in [-0.05, 0) is 30.3 Å². The smallest absolute Gasteiger partial charge is 0.287 e. The van der Waals surface area contributed by atoms with E-state index in [-0.39, 0.29) is 17.7 Å². The largest absolute Gasteiger partial charge is 0.492 e. The van der Waals surface area contributed by atoms with Gasteiger partial charge in [0.1, 0.15) is 17.9 Å². The molecule has 3 rings (SSSR count). The highest BCUT2D eigenvalue weighted by Gasteiger charge is 2.12. The summed E-state index contributed by atoms with van der Waals surface area (Å²) in [6.07, 6.45) is 0. The topological polar surface area (TPSA) is 68.5 Å². The van der Waals surface area contributed by atoms with Gasteiger partial charge < -0.3 is 14.5 Å². The highest BCUT2D eigenvalue weighted by molar-refractivity contribution is 6.31. The normalized spacial score (nSPS) is 10.5. The molecule has 1 heterocycles. The first-order chi connectivity index (χ1) is 11.6. The van der Waals surface area contributed by atoms with Crippen LogP contribution in [0.5, 0.6) is 5.75 Å². The van der Waals surface area contributed by atoms with E-state index in [1.165, 1.54) is 6.07 Å². The third-order valence-corrected chi connectivity index (χ3v) is 3.55. The van der Waals surface area contributed by atoms with Gasteiger partial charge in [-0.3, -0.25) is 9.59 Å². The highest BCUT2D eigenvalue weighted by Crippen LogP contribution is 2.17. The number of carbonyl (C=O) groups is 1. The zero-order valence-electron chi connectivity index (χ0n) is 12.6. The first kappa shape index (κ1) is 16.1. The van der Waals surface area contributed by atoms with Crippen LogP contribution in [0.2, 0.25) is 5.02 Å². The quantitative estimate of drug-likeness (QED) is 0.722. The first-order valence-corrected chi connectivity index (χ1v) is 7.71. The lowest BCUT2D eigenvalue weighted by atomic mass is 10.2. The van der Waals surface area contributed by atoms with Crippen molar-refractivity contribution in [2.24, 2.45) is 0 Å². The van der Waals surface area contributed by atoms with Gasteiger partial charge in [0.25, 0.3) is 5.91 Å². The van der Waals surface area contributed by atoms with Gasteiger partial charge in [0.2, 0.25) is 0 Å². The molecule has 0 fully saturated rings. The fourth-order valence-electron chi connectivity index (χ4n) is 2.18. The van der Waals surface area contributed by atoms with Crippen molar-refractivity contribution in [1.29, 1.82) is 0 Å². The second-order valence-corrected chi connectivity index (χ2v) is 5.47. The zero-order chi connectivity index (χ0) is 16.9. The molecular formula is C18H14ClNO4. The van der Waals surface area contributed by atoms with E-state index in [1.54, 1.807) is 12.1 Å². The summed E-state index contributed by atoms with van der Waals surface area (Å²) in [6, 6.07) is 15.1. The lowest BCUT2D eigenvalue weighted by molar-refractivity contribution is 0.0920. The summed E-state index contributed by atoms with van der Waals surface area (Å²) in [7, 11) is 0.